The van der Waals surface area contributed by atoms with Gasteiger partial charge in [-0.15, -0.1) is 18.2 Å². The van der Waals surface area contributed by atoms with Gasteiger partial charge in [0.25, 0.3) is 0 Å². The number of piperidine rings is 1. The van der Waals surface area contributed by atoms with E-state index in [9.17, 15) is 4.79 Å². The summed E-state index contributed by atoms with van der Waals surface area (Å²) in [6.45, 7) is 3.59. The van der Waals surface area contributed by atoms with Crippen LogP contribution in [0.5, 0.6) is 0 Å². The number of likely N-dealkylation sites (tertiary alicyclic amines) is 1. The Labute approximate surface area is 121 Å². The van der Waals surface area contributed by atoms with E-state index < -0.39 is 0 Å². The van der Waals surface area contributed by atoms with Crippen molar-refractivity contribution in [2.24, 2.45) is 0 Å². The zero-order valence-corrected chi connectivity index (χ0v) is 12.8. The number of rotatable bonds is 7. The number of nitrogens with one attached hydrogen (secondary N) is 1. The van der Waals surface area contributed by atoms with Crippen LogP contribution in [0, 0.1) is 12.3 Å². The summed E-state index contributed by atoms with van der Waals surface area (Å²) in [4.78, 5) is 15.5. The largest absolute Gasteiger partial charge is 0.348 e. The van der Waals surface area contributed by atoms with E-state index in [1.54, 1.807) is 16.7 Å². The lowest BCUT2D eigenvalue weighted by Crippen LogP contribution is -2.46. The Morgan fingerprint density at radius 2 is 2.16 bits per heavy atom. The molecule has 0 saturated carbocycles. The molecule has 108 valence electrons. The number of hydrogen-bond acceptors (Lipinski definition) is 4. The minimum absolute atomic E-state index is 0.192. The fourth-order valence-electron chi connectivity index (χ4n) is 2.09. The summed E-state index contributed by atoms with van der Waals surface area (Å²) in [5.41, 5.74) is 0. The molecule has 1 rings (SSSR count). The van der Waals surface area contributed by atoms with Crippen molar-refractivity contribution in [2.45, 2.75) is 18.9 Å². The van der Waals surface area contributed by atoms with Crippen LogP contribution in [0.2, 0.25) is 0 Å². The summed E-state index contributed by atoms with van der Waals surface area (Å²) in [5.74, 6) is 4.69. The SMILES string of the molecule is C#CCSCCNC1CCN(CC(=O)N(C)C)CC1. The molecule has 0 spiro atoms. The van der Waals surface area contributed by atoms with Crippen LogP contribution in [-0.2, 0) is 4.79 Å². The standard InChI is InChI=1S/C14H25N3OS/c1-4-10-19-11-7-15-13-5-8-17(9-6-13)12-14(18)16(2)3/h1,13,15H,5-12H2,2-3H3. The minimum Gasteiger partial charge on any atom is -0.348 e. The number of likely N-dealkylation sites (N-methyl/N-ethyl adjacent to an activating group) is 1. The monoisotopic (exact) mass is 283 g/mol. The summed E-state index contributed by atoms with van der Waals surface area (Å²) < 4.78 is 0. The number of thioether (sulfide) groups is 1. The maximum absolute atomic E-state index is 11.6. The average molecular weight is 283 g/mol. The van der Waals surface area contributed by atoms with E-state index in [-0.39, 0.29) is 5.91 Å². The molecule has 1 aliphatic rings. The molecule has 0 unspecified atom stereocenters. The first-order valence-electron chi connectivity index (χ1n) is 6.80. The van der Waals surface area contributed by atoms with Crippen LogP contribution < -0.4 is 5.32 Å². The molecule has 0 aromatic heterocycles. The van der Waals surface area contributed by atoms with Gasteiger partial charge < -0.3 is 10.2 Å². The van der Waals surface area contributed by atoms with Crippen molar-refractivity contribution in [2.75, 3.05) is 51.8 Å². The third kappa shape index (κ3) is 6.86. The van der Waals surface area contributed by atoms with Crippen LogP contribution in [0.15, 0.2) is 0 Å². The summed E-state index contributed by atoms with van der Waals surface area (Å²) in [5, 5.41) is 3.57. The lowest BCUT2D eigenvalue weighted by Gasteiger charge is -2.32. The molecule has 4 nitrogen and oxygen atoms in total. The fraction of sp³-hybridized carbons (Fsp3) is 0.786. The topological polar surface area (TPSA) is 35.6 Å². The van der Waals surface area contributed by atoms with Crippen LogP contribution in [0.25, 0.3) is 0 Å². The van der Waals surface area contributed by atoms with E-state index in [1.165, 1.54) is 0 Å². The summed E-state index contributed by atoms with van der Waals surface area (Å²) in [7, 11) is 3.62. The highest BCUT2D eigenvalue weighted by Crippen LogP contribution is 2.10. The van der Waals surface area contributed by atoms with Crippen LogP contribution in [0.1, 0.15) is 12.8 Å². The third-order valence-electron chi connectivity index (χ3n) is 3.31. The predicted molar refractivity (Wildman–Crippen MR) is 82.3 cm³/mol. The molecule has 0 radical (unpaired) electrons. The van der Waals surface area contributed by atoms with E-state index in [0.717, 1.165) is 44.0 Å². The van der Waals surface area contributed by atoms with Crippen molar-refractivity contribution in [3.63, 3.8) is 0 Å². The Balaban J connectivity index is 2.09. The molecule has 0 bridgehead atoms. The zero-order valence-electron chi connectivity index (χ0n) is 12.0. The number of terminal acetylenes is 1. The van der Waals surface area contributed by atoms with Gasteiger partial charge in [-0.3, -0.25) is 9.69 Å². The average Bonchev–Trinajstić information content (AvgIpc) is 2.40. The lowest BCUT2D eigenvalue weighted by molar-refractivity contribution is -0.130. The van der Waals surface area contributed by atoms with Crippen molar-refractivity contribution in [1.29, 1.82) is 0 Å². The molecule has 0 atom stereocenters. The molecule has 1 fully saturated rings. The quantitative estimate of drug-likeness (QED) is 0.545. The summed E-state index contributed by atoms with van der Waals surface area (Å²) in [6.07, 6.45) is 7.45. The Bertz CT molecular complexity index is 306. The van der Waals surface area contributed by atoms with Gasteiger partial charge in [0.05, 0.1) is 12.3 Å². The first-order valence-corrected chi connectivity index (χ1v) is 7.96. The first kappa shape index (κ1) is 16.4. The summed E-state index contributed by atoms with van der Waals surface area (Å²) in [6, 6.07) is 0.595. The molecular weight excluding hydrogens is 258 g/mol. The fourth-order valence-corrected chi connectivity index (χ4v) is 2.62. The van der Waals surface area contributed by atoms with E-state index in [1.807, 2.05) is 14.1 Å². The second-order valence-corrected chi connectivity index (χ2v) is 6.15. The molecule has 1 amide bonds. The van der Waals surface area contributed by atoms with Crippen molar-refractivity contribution in [1.82, 2.24) is 15.1 Å². The summed E-state index contributed by atoms with van der Waals surface area (Å²) >= 11 is 1.79. The van der Waals surface area contributed by atoms with Gasteiger partial charge in [-0.1, -0.05) is 5.92 Å². The second kappa shape index (κ2) is 9.24. The first-order chi connectivity index (χ1) is 9.13. The molecule has 0 aliphatic carbocycles. The Morgan fingerprint density at radius 3 is 2.74 bits per heavy atom. The molecule has 1 N–H and O–H groups in total. The van der Waals surface area contributed by atoms with Crippen molar-refractivity contribution in [3.05, 3.63) is 0 Å². The number of carbonyl (C=O) groups excluding carboxylic acids is 1. The van der Waals surface area contributed by atoms with Crippen molar-refractivity contribution in [3.8, 4) is 12.3 Å². The smallest absolute Gasteiger partial charge is 0.236 e. The number of hydrogen-bond donors (Lipinski definition) is 1. The zero-order chi connectivity index (χ0) is 14.1. The van der Waals surface area contributed by atoms with E-state index in [4.69, 9.17) is 6.42 Å². The molecule has 1 heterocycles. The third-order valence-corrected chi connectivity index (χ3v) is 4.17. The van der Waals surface area contributed by atoms with Gasteiger partial charge in [0.2, 0.25) is 5.91 Å². The van der Waals surface area contributed by atoms with Gasteiger partial charge in [-0.2, -0.15) is 0 Å². The molecule has 19 heavy (non-hydrogen) atoms. The molecule has 0 aromatic carbocycles. The van der Waals surface area contributed by atoms with Crippen LogP contribution in [0.3, 0.4) is 0 Å². The van der Waals surface area contributed by atoms with Crippen molar-refractivity contribution < 1.29 is 4.79 Å². The van der Waals surface area contributed by atoms with E-state index >= 15 is 0 Å². The van der Waals surface area contributed by atoms with Gasteiger partial charge in [-0.05, 0) is 12.8 Å². The molecule has 1 saturated heterocycles. The van der Waals surface area contributed by atoms with Gasteiger partial charge in [0.15, 0.2) is 0 Å². The van der Waals surface area contributed by atoms with Crippen LogP contribution in [0.4, 0.5) is 0 Å². The molecule has 0 aromatic rings. The van der Waals surface area contributed by atoms with E-state index in [0.29, 0.717) is 12.6 Å². The van der Waals surface area contributed by atoms with Gasteiger partial charge >= 0.3 is 0 Å². The second-order valence-electron chi connectivity index (χ2n) is 5.05. The maximum atomic E-state index is 11.6. The van der Waals surface area contributed by atoms with Gasteiger partial charge in [0.1, 0.15) is 0 Å². The predicted octanol–water partition coefficient (Wildman–Crippen LogP) is 0.495. The Hall–Kier alpha value is -0.700. The highest BCUT2D eigenvalue weighted by atomic mass is 32.2. The highest BCUT2D eigenvalue weighted by molar-refractivity contribution is 7.99. The molecule has 1 aliphatic heterocycles. The Kier molecular flexibility index (Phi) is 7.96. The maximum Gasteiger partial charge on any atom is 0.236 e. The van der Waals surface area contributed by atoms with E-state index in [2.05, 4.69) is 16.1 Å². The highest BCUT2D eigenvalue weighted by Gasteiger charge is 2.20. The lowest BCUT2D eigenvalue weighted by atomic mass is 10.1. The van der Waals surface area contributed by atoms with Crippen molar-refractivity contribution >= 4 is 17.7 Å². The molecule has 5 heteroatoms. The Morgan fingerprint density at radius 1 is 1.47 bits per heavy atom. The van der Waals surface area contributed by atoms with Gasteiger partial charge in [-0.25, -0.2) is 0 Å². The number of amides is 1. The number of nitrogens with zero attached hydrogens (tertiary/aromatic N) is 2. The number of carbonyl (C=O) groups is 1. The van der Waals surface area contributed by atoms with Crippen LogP contribution >= 0.6 is 11.8 Å². The van der Waals surface area contributed by atoms with Gasteiger partial charge in [0, 0.05) is 45.5 Å². The van der Waals surface area contributed by atoms with Crippen LogP contribution in [-0.4, -0.2) is 73.5 Å². The molecular formula is C14H25N3OS. The normalized spacial score (nSPS) is 17.1. The minimum atomic E-state index is 0.192.